The van der Waals surface area contributed by atoms with Gasteiger partial charge in [0.05, 0.1) is 6.54 Å². The number of hydrogen-bond donors (Lipinski definition) is 0. The molecule has 0 amide bonds. The maximum Gasteiger partial charge on any atom is 0.150 e. The van der Waals surface area contributed by atoms with Gasteiger partial charge in [-0.15, -0.1) is 11.3 Å². The predicted octanol–water partition coefficient (Wildman–Crippen LogP) is 4.33. The molecule has 0 unspecified atom stereocenters. The zero-order valence-corrected chi connectivity index (χ0v) is 11.9. The summed E-state index contributed by atoms with van der Waals surface area (Å²) in [6.45, 7) is 0.835. The van der Waals surface area contributed by atoms with Crippen molar-refractivity contribution in [2.45, 2.75) is 6.54 Å². The molecule has 3 aromatic rings. The molecule has 0 atom stereocenters. The topological polar surface area (TPSA) is 22.0 Å². The second-order valence-electron chi connectivity index (χ2n) is 4.11. The molecule has 2 aromatic heterocycles. The van der Waals surface area contributed by atoms with E-state index in [1.807, 2.05) is 18.2 Å². The Kier molecular flexibility index (Phi) is 3.06. The van der Waals surface area contributed by atoms with Gasteiger partial charge in [0.1, 0.15) is 6.29 Å². The summed E-state index contributed by atoms with van der Waals surface area (Å²) in [4.78, 5) is 12.1. The minimum Gasteiger partial charge on any atom is -0.342 e. The Bertz CT molecular complexity index is 713. The van der Waals surface area contributed by atoms with Crippen LogP contribution in [0, 0.1) is 0 Å². The molecule has 0 aliphatic carbocycles. The van der Waals surface area contributed by atoms with Crippen molar-refractivity contribution >= 4 is 44.5 Å². The second kappa shape index (κ2) is 4.71. The molecule has 0 aliphatic rings. The lowest BCUT2D eigenvalue weighted by molar-refractivity contribution is 0.112. The normalized spacial score (nSPS) is 10.9. The highest BCUT2D eigenvalue weighted by atomic mass is 79.9. The number of hydrogen-bond acceptors (Lipinski definition) is 2. The molecule has 0 spiro atoms. The number of benzene rings is 1. The maximum absolute atomic E-state index is 10.8. The summed E-state index contributed by atoms with van der Waals surface area (Å²) >= 11 is 5.19. The Hall–Kier alpha value is -1.39. The van der Waals surface area contributed by atoms with Crippen LogP contribution in [0.1, 0.15) is 15.2 Å². The number of fused-ring (bicyclic) bond motifs is 1. The molecular weight excluding hydrogens is 310 g/mol. The first-order valence-corrected chi connectivity index (χ1v) is 7.20. The van der Waals surface area contributed by atoms with Crippen LogP contribution in [0.5, 0.6) is 0 Å². The van der Waals surface area contributed by atoms with Gasteiger partial charge in [0.15, 0.2) is 0 Å². The van der Waals surface area contributed by atoms with Crippen molar-refractivity contribution in [2.24, 2.45) is 0 Å². The largest absolute Gasteiger partial charge is 0.342 e. The minimum absolute atomic E-state index is 0.717. The fourth-order valence-electron chi connectivity index (χ4n) is 2.02. The standard InChI is InChI=1S/C14H10BrNOS/c15-12-6-13(18-9-12)7-16-4-3-11-2-1-10(8-17)5-14(11)16/h1-6,8-9H,7H2. The molecule has 3 rings (SSSR count). The van der Waals surface area contributed by atoms with Crippen molar-refractivity contribution < 1.29 is 4.79 Å². The first-order chi connectivity index (χ1) is 8.76. The van der Waals surface area contributed by atoms with Crippen LogP contribution in [-0.4, -0.2) is 10.9 Å². The zero-order chi connectivity index (χ0) is 12.5. The van der Waals surface area contributed by atoms with E-state index in [0.717, 1.165) is 33.8 Å². The Balaban J connectivity index is 2.03. The molecule has 0 saturated heterocycles. The lowest BCUT2D eigenvalue weighted by Gasteiger charge is -2.03. The van der Waals surface area contributed by atoms with Gasteiger partial charge in [0.25, 0.3) is 0 Å². The van der Waals surface area contributed by atoms with Crippen LogP contribution in [0.4, 0.5) is 0 Å². The third-order valence-electron chi connectivity index (χ3n) is 2.88. The SMILES string of the molecule is O=Cc1ccc2ccn(Cc3cc(Br)cs3)c2c1. The number of carbonyl (C=O) groups excluding carboxylic acids is 1. The van der Waals surface area contributed by atoms with E-state index in [0.29, 0.717) is 0 Å². The molecule has 2 nitrogen and oxygen atoms in total. The fraction of sp³-hybridized carbons (Fsp3) is 0.0714. The monoisotopic (exact) mass is 319 g/mol. The van der Waals surface area contributed by atoms with Crippen LogP contribution in [0.15, 0.2) is 46.4 Å². The Morgan fingerprint density at radius 1 is 1.28 bits per heavy atom. The molecule has 1 aromatic carbocycles. The molecule has 4 heteroatoms. The lowest BCUT2D eigenvalue weighted by Crippen LogP contribution is -1.95. The molecule has 90 valence electrons. The number of halogens is 1. The Morgan fingerprint density at radius 2 is 2.17 bits per heavy atom. The molecule has 0 fully saturated rings. The Labute approximate surface area is 117 Å². The molecule has 0 radical (unpaired) electrons. The summed E-state index contributed by atoms with van der Waals surface area (Å²) in [5, 5.41) is 3.24. The van der Waals surface area contributed by atoms with Gasteiger partial charge >= 0.3 is 0 Å². The molecule has 18 heavy (non-hydrogen) atoms. The van der Waals surface area contributed by atoms with E-state index in [1.54, 1.807) is 11.3 Å². The Morgan fingerprint density at radius 3 is 2.89 bits per heavy atom. The summed E-state index contributed by atoms with van der Waals surface area (Å²) in [6, 6.07) is 9.97. The second-order valence-corrected chi connectivity index (χ2v) is 6.02. The molecular formula is C14H10BrNOS. The molecule has 0 aliphatic heterocycles. The number of thiophene rings is 1. The van der Waals surface area contributed by atoms with Crippen LogP contribution in [0.25, 0.3) is 10.9 Å². The number of aldehydes is 1. The first kappa shape index (κ1) is 11.7. The predicted molar refractivity (Wildman–Crippen MR) is 78.4 cm³/mol. The van der Waals surface area contributed by atoms with E-state index in [4.69, 9.17) is 0 Å². The number of rotatable bonds is 3. The average molecular weight is 320 g/mol. The van der Waals surface area contributed by atoms with Crippen LogP contribution >= 0.6 is 27.3 Å². The van der Waals surface area contributed by atoms with Crippen molar-refractivity contribution in [1.29, 1.82) is 0 Å². The van der Waals surface area contributed by atoms with E-state index in [-0.39, 0.29) is 0 Å². The van der Waals surface area contributed by atoms with Gasteiger partial charge < -0.3 is 4.57 Å². The molecule has 2 heterocycles. The van der Waals surface area contributed by atoms with Crippen LogP contribution in [0.2, 0.25) is 0 Å². The third kappa shape index (κ3) is 2.13. The van der Waals surface area contributed by atoms with E-state index < -0.39 is 0 Å². The molecule has 0 saturated carbocycles. The van der Waals surface area contributed by atoms with Gasteiger partial charge in [0, 0.05) is 32.0 Å². The minimum atomic E-state index is 0.717. The van der Waals surface area contributed by atoms with E-state index in [2.05, 4.69) is 44.2 Å². The average Bonchev–Trinajstić information content (AvgIpc) is 2.96. The van der Waals surface area contributed by atoms with Gasteiger partial charge in [0.2, 0.25) is 0 Å². The third-order valence-corrected chi connectivity index (χ3v) is 4.56. The highest BCUT2D eigenvalue weighted by Crippen LogP contribution is 2.23. The maximum atomic E-state index is 10.8. The van der Waals surface area contributed by atoms with Crippen molar-refractivity contribution in [3.63, 3.8) is 0 Å². The van der Waals surface area contributed by atoms with Crippen molar-refractivity contribution in [1.82, 2.24) is 4.57 Å². The molecule has 0 bridgehead atoms. The number of carbonyl (C=O) groups is 1. The summed E-state index contributed by atoms with van der Waals surface area (Å²) in [7, 11) is 0. The lowest BCUT2D eigenvalue weighted by atomic mass is 10.2. The summed E-state index contributed by atoms with van der Waals surface area (Å²) in [6.07, 6.45) is 2.95. The number of aromatic nitrogens is 1. The van der Waals surface area contributed by atoms with Crippen molar-refractivity contribution in [3.05, 3.63) is 56.8 Å². The quantitative estimate of drug-likeness (QED) is 0.659. The van der Waals surface area contributed by atoms with Crippen molar-refractivity contribution in [3.8, 4) is 0 Å². The molecule has 0 N–H and O–H groups in total. The van der Waals surface area contributed by atoms with Gasteiger partial charge in [-0.2, -0.15) is 0 Å². The zero-order valence-electron chi connectivity index (χ0n) is 9.47. The summed E-state index contributed by atoms with van der Waals surface area (Å²) < 4.78 is 3.29. The smallest absolute Gasteiger partial charge is 0.150 e. The van der Waals surface area contributed by atoms with Gasteiger partial charge in [-0.1, -0.05) is 12.1 Å². The van der Waals surface area contributed by atoms with Crippen LogP contribution in [-0.2, 0) is 6.54 Å². The highest BCUT2D eigenvalue weighted by Gasteiger charge is 2.04. The number of nitrogens with zero attached hydrogens (tertiary/aromatic N) is 1. The van der Waals surface area contributed by atoms with Gasteiger partial charge in [-0.05, 0) is 39.5 Å². The summed E-state index contributed by atoms with van der Waals surface area (Å²) in [5.74, 6) is 0. The van der Waals surface area contributed by atoms with E-state index in [9.17, 15) is 4.79 Å². The van der Waals surface area contributed by atoms with Gasteiger partial charge in [-0.25, -0.2) is 0 Å². The van der Waals surface area contributed by atoms with Crippen LogP contribution < -0.4 is 0 Å². The summed E-state index contributed by atoms with van der Waals surface area (Å²) in [5.41, 5.74) is 1.82. The van der Waals surface area contributed by atoms with Crippen LogP contribution in [0.3, 0.4) is 0 Å². The highest BCUT2D eigenvalue weighted by molar-refractivity contribution is 9.10. The first-order valence-electron chi connectivity index (χ1n) is 5.53. The fourth-order valence-corrected chi connectivity index (χ4v) is 3.47. The van der Waals surface area contributed by atoms with E-state index >= 15 is 0 Å². The van der Waals surface area contributed by atoms with Crippen molar-refractivity contribution in [2.75, 3.05) is 0 Å². The van der Waals surface area contributed by atoms with Gasteiger partial charge in [-0.3, -0.25) is 4.79 Å². The van der Waals surface area contributed by atoms with E-state index in [1.165, 1.54) is 4.88 Å².